The number of rotatable bonds is 0. The lowest BCUT2D eigenvalue weighted by Gasteiger charge is -2.29. The molecule has 2 aliphatic carbocycles. The minimum Gasteiger partial charge on any atom is -0.327 e. The molecule has 0 radical (unpaired) electrons. The van der Waals surface area contributed by atoms with Gasteiger partial charge in [-0.1, -0.05) is 0 Å². The molecule has 4 atom stereocenters. The fourth-order valence-electron chi connectivity index (χ4n) is 2.82. The summed E-state index contributed by atoms with van der Waals surface area (Å²) in [4.78, 5) is 0. The number of alkyl halides is 3. The van der Waals surface area contributed by atoms with Crippen molar-refractivity contribution in [2.75, 3.05) is 0 Å². The van der Waals surface area contributed by atoms with Crippen molar-refractivity contribution in [3.8, 4) is 0 Å². The normalized spacial score (nSPS) is 47.0. The van der Waals surface area contributed by atoms with E-state index in [1.165, 1.54) is 0 Å². The van der Waals surface area contributed by atoms with Crippen LogP contribution in [0.2, 0.25) is 0 Å². The molecule has 0 aliphatic heterocycles. The van der Waals surface area contributed by atoms with Gasteiger partial charge in [0.2, 0.25) is 0 Å². The first-order chi connectivity index (χ1) is 5.50. The highest BCUT2D eigenvalue weighted by atomic mass is 19.4. The van der Waals surface area contributed by atoms with Gasteiger partial charge in [0.25, 0.3) is 0 Å². The van der Waals surface area contributed by atoms with Crippen molar-refractivity contribution >= 4 is 0 Å². The van der Waals surface area contributed by atoms with E-state index in [-0.39, 0.29) is 11.8 Å². The van der Waals surface area contributed by atoms with Gasteiger partial charge in [-0.2, -0.15) is 13.2 Å². The predicted molar refractivity (Wildman–Crippen MR) is 38.4 cm³/mol. The van der Waals surface area contributed by atoms with Gasteiger partial charge >= 0.3 is 6.18 Å². The van der Waals surface area contributed by atoms with Crippen molar-refractivity contribution in [3.63, 3.8) is 0 Å². The maximum Gasteiger partial charge on any atom is 0.393 e. The molecule has 2 bridgehead atoms. The lowest BCUT2D eigenvalue weighted by Crippen LogP contribution is -2.43. The molecule has 2 aliphatic rings. The van der Waals surface area contributed by atoms with Crippen molar-refractivity contribution < 1.29 is 13.2 Å². The molecular weight excluding hydrogens is 167 g/mol. The van der Waals surface area contributed by atoms with Gasteiger partial charge in [-0.3, -0.25) is 0 Å². The van der Waals surface area contributed by atoms with Crippen LogP contribution in [0.3, 0.4) is 0 Å². The molecule has 2 N–H and O–H groups in total. The smallest absolute Gasteiger partial charge is 0.327 e. The first-order valence-electron chi connectivity index (χ1n) is 4.32. The molecule has 2 rings (SSSR count). The van der Waals surface area contributed by atoms with Gasteiger partial charge in [0.15, 0.2) is 0 Å². The van der Waals surface area contributed by atoms with Gasteiger partial charge < -0.3 is 5.73 Å². The molecule has 0 spiro atoms. The van der Waals surface area contributed by atoms with Crippen LogP contribution in [0.4, 0.5) is 13.2 Å². The zero-order valence-corrected chi connectivity index (χ0v) is 6.64. The predicted octanol–water partition coefficient (Wildman–Crippen LogP) is 1.92. The third-order valence-corrected chi connectivity index (χ3v) is 3.36. The van der Waals surface area contributed by atoms with Gasteiger partial charge in [0.05, 0.1) is 5.92 Å². The summed E-state index contributed by atoms with van der Waals surface area (Å²) in [5.74, 6) is -1.25. The zero-order chi connectivity index (χ0) is 8.93. The van der Waals surface area contributed by atoms with Crippen LogP contribution >= 0.6 is 0 Å². The summed E-state index contributed by atoms with van der Waals surface area (Å²) in [6.07, 6.45) is -1.74. The van der Waals surface area contributed by atoms with Gasteiger partial charge in [-0.25, -0.2) is 0 Å². The lowest BCUT2D eigenvalue weighted by atomic mass is 9.84. The van der Waals surface area contributed by atoms with Crippen LogP contribution in [0, 0.1) is 17.8 Å². The minimum absolute atomic E-state index is 0.140. The molecule has 0 aromatic rings. The Morgan fingerprint density at radius 3 is 2.00 bits per heavy atom. The Morgan fingerprint density at radius 2 is 1.67 bits per heavy atom. The lowest BCUT2D eigenvalue weighted by molar-refractivity contribution is -0.190. The number of fused-ring (bicyclic) bond motifs is 2. The van der Waals surface area contributed by atoms with Crippen molar-refractivity contribution in [2.45, 2.75) is 31.5 Å². The van der Waals surface area contributed by atoms with Gasteiger partial charge in [-0.15, -0.1) is 0 Å². The Balaban J connectivity index is 2.17. The van der Waals surface area contributed by atoms with Crippen LogP contribution in [-0.4, -0.2) is 12.2 Å². The summed E-state index contributed by atoms with van der Waals surface area (Å²) in [5.41, 5.74) is 5.53. The quantitative estimate of drug-likeness (QED) is 0.604. The largest absolute Gasteiger partial charge is 0.393 e. The van der Waals surface area contributed by atoms with Crippen LogP contribution in [0.1, 0.15) is 19.3 Å². The summed E-state index contributed by atoms with van der Waals surface area (Å²) < 4.78 is 37.2. The van der Waals surface area contributed by atoms with Gasteiger partial charge in [0, 0.05) is 6.04 Å². The van der Waals surface area contributed by atoms with Crippen LogP contribution in [0.25, 0.3) is 0 Å². The molecule has 0 aromatic carbocycles. The molecule has 2 fully saturated rings. The fourth-order valence-corrected chi connectivity index (χ4v) is 2.82. The van der Waals surface area contributed by atoms with Gasteiger partial charge in [-0.05, 0) is 31.1 Å². The molecule has 0 amide bonds. The van der Waals surface area contributed by atoms with E-state index in [9.17, 15) is 13.2 Å². The number of hydrogen-bond acceptors (Lipinski definition) is 1. The number of hydrogen-bond donors (Lipinski definition) is 1. The van der Waals surface area contributed by atoms with E-state index in [0.29, 0.717) is 6.42 Å². The SMILES string of the molecule is N[C@H]1[C@H]2CC[C@H](C2)[C@@H]1C(F)(F)F. The summed E-state index contributed by atoms with van der Waals surface area (Å²) in [6, 6.07) is -0.622. The first-order valence-corrected chi connectivity index (χ1v) is 4.32. The maximum absolute atomic E-state index is 12.4. The highest BCUT2D eigenvalue weighted by Gasteiger charge is 2.57. The Kier molecular flexibility index (Phi) is 1.65. The van der Waals surface area contributed by atoms with Crippen molar-refractivity contribution in [2.24, 2.45) is 23.5 Å². The summed E-state index contributed by atoms with van der Waals surface area (Å²) in [7, 11) is 0. The summed E-state index contributed by atoms with van der Waals surface area (Å²) >= 11 is 0. The molecule has 1 nitrogen and oxygen atoms in total. The third kappa shape index (κ3) is 1.04. The Labute approximate surface area is 69.1 Å². The van der Waals surface area contributed by atoms with Crippen molar-refractivity contribution in [1.29, 1.82) is 0 Å². The second-order valence-corrected chi connectivity index (χ2v) is 3.98. The molecule has 70 valence electrons. The van der Waals surface area contributed by atoms with Crippen LogP contribution in [0.5, 0.6) is 0 Å². The Bertz CT molecular complexity index is 187. The highest BCUT2D eigenvalue weighted by molar-refractivity contribution is 5.01. The monoisotopic (exact) mass is 179 g/mol. The van der Waals surface area contributed by atoms with E-state index in [1.54, 1.807) is 0 Å². The van der Waals surface area contributed by atoms with Crippen molar-refractivity contribution in [1.82, 2.24) is 0 Å². The number of nitrogens with two attached hydrogens (primary N) is 1. The molecule has 0 unspecified atom stereocenters. The average Bonchev–Trinajstić information content (AvgIpc) is 2.42. The number of halogens is 3. The van der Waals surface area contributed by atoms with Crippen LogP contribution in [-0.2, 0) is 0 Å². The minimum atomic E-state index is -4.07. The van der Waals surface area contributed by atoms with Crippen LogP contribution < -0.4 is 5.73 Å². The topological polar surface area (TPSA) is 26.0 Å². The Hall–Kier alpha value is -0.250. The highest BCUT2D eigenvalue weighted by Crippen LogP contribution is 2.53. The average molecular weight is 179 g/mol. The van der Waals surface area contributed by atoms with E-state index in [1.807, 2.05) is 0 Å². The molecular formula is C8H12F3N. The molecule has 0 aromatic heterocycles. The maximum atomic E-state index is 12.4. The second kappa shape index (κ2) is 2.37. The summed E-state index contributed by atoms with van der Waals surface area (Å²) in [6.45, 7) is 0. The van der Waals surface area contributed by atoms with E-state index < -0.39 is 18.1 Å². The first kappa shape index (κ1) is 8.35. The standard InChI is InChI=1S/C8H12F3N/c9-8(10,11)6-4-1-2-5(3-4)7(6)12/h4-7H,1-3,12H2/t4-,5+,6+,7+/m1/s1. The second-order valence-electron chi connectivity index (χ2n) is 3.98. The molecule has 2 saturated carbocycles. The molecule has 12 heavy (non-hydrogen) atoms. The van der Waals surface area contributed by atoms with Crippen LogP contribution in [0.15, 0.2) is 0 Å². The Morgan fingerprint density at radius 1 is 1.08 bits per heavy atom. The van der Waals surface area contributed by atoms with E-state index in [0.717, 1.165) is 12.8 Å². The molecule has 4 heteroatoms. The molecule has 0 saturated heterocycles. The summed E-state index contributed by atoms with van der Waals surface area (Å²) in [5, 5.41) is 0. The van der Waals surface area contributed by atoms with E-state index >= 15 is 0 Å². The van der Waals surface area contributed by atoms with Crippen molar-refractivity contribution in [3.05, 3.63) is 0 Å². The van der Waals surface area contributed by atoms with Gasteiger partial charge in [0.1, 0.15) is 0 Å². The molecule has 0 heterocycles. The third-order valence-electron chi connectivity index (χ3n) is 3.36. The van der Waals surface area contributed by atoms with E-state index in [4.69, 9.17) is 5.73 Å². The van der Waals surface area contributed by atoms with E-state index in [2.05, 4.69) is 0 Å². The zero-order valence-electron chi connectivity index (χ0n) is 6.64. The fraction of sp³-hybridized carbons (Fsp3) is 1.00.